The molecule has 0 radical (unpaired) electrons. The SMILES string of the molecule is CCC1=NC(=O)NC(c2ccc(O)c(Cl)c2)C1C(=O)CC1CCCC1. The van der Waals surface area contributed by atoms with Crippen LogP contribution in [-0.4, -0.2) is 22.6 Å². The Morgan fingerprint density at radius 3 is 2.72 bits per heavy atom. The summed E-state index contributed by atoms with van der Waals surface area (Å²) in [5.41, 5.74) is 1.34. The van der Waals surface area contributed by atoms with Gasteiger partial charge in [-0.05, 0) is 30.0 Å². The highest BCUT2D eigenvalue weighted by Crippen LogP contribution is 2.36. The van der Waals surface area contributed by atoms with E-state index in [1.54, 1.807) is 12.1 Å². The second-order valence-electron chi connectivity index (χ2n) is 6.89. The summed E-state index contributed by atoms with van der Waals surface area (Å²) in [7, 11) is 0. The van der Waals surface area contributed by atoms with Crippen molar-refractivity contribution in [2.75, 3.05) is 0 Å². The number of amides is 2. The Kier molecular flexibility index (Phi) is 5.42. The second-order valence-corrected chi connectivity index (χ2v) is 7.30. The molecule has 1 saturated carbocycles. The van der Waals surface area contributed by atoms with Gasteiger partial charge >= 0.3 is 6.03 Å². The van der Waals surface area contributed by atoms with Crippen molar-refractivity contribution in [3.63, 3.8) is 0 Å². The number of phenols is 1. The molecule has 1 aliphatic carbocycles. The van der Waals surface area contributed by atoms with Crippen molar-refractivity contribution in [1.29, 1.82) is 0 Å². The predicted molar refractivity (Wildman–Crippen MR) is 97.2 cm³/mol. The normalized spacial score (nSPS) is 24.1. The van der Waals surface area contributed by atoms with Crippen LogP contribution in [-0.2, 0) is 4.79 Å². The van der Waals surface area contributed by atoms with Crippen LogP contribution in [0.1, 0.15) is 57.1 Å². The van der Waals surface area contributed by atoms with Crippen molar-refractivity contribution >= 4 is 29.1 Å². The molecule has 5 nitrogen and oxygen atoms in total. The number of benzene rings is 1. The number of carbonyl (C=O) groups excluding carboxylic acids is 2. The molecule has 0 saturated heterocycles. The quantitative estimate of drug-likeness (QED) is 0.813. The van der Waals surface area contributed by atoms with Gasteiger partial charge in [0.1, 0.15) is 11.5 Å². The number of aromatic hydroxyl groups is 1. The summed E-state index contributed by atoms with van der Waals surface area (Å²) in [6.45, 7) is 1.91. The maximum atomic E-state index is 13.1. The first-order chi connectivity index (χ1) is 12.0. The first-order valence-corrected chi connectivity index (χ1v) is 9.26. The van der Waals surface area contributed by atoms with Gasteiger partial charge in [-0.1, -0.05) is 50.3 Å². The summed E-state index contributed by atoms with van der Waals surface area (Å²) < 4.78 is 0. The lowest BCUT2D eigenvalue weighted by molar-refractivity contribution is -0.122. The van der Waals surface area contributed by atoms with E-state index >= 15 is 0 Å². The fourth-order valence-corrected chi connectivity index (χ4v) is 4.12. The number of phenolic OH excluding ortho intramolecular Hbond substituents is 1. The van der Waals surface area contributed by atoms with Crippen LogP contribution in [0, 0.1) is 11.8 Å². The maximum Gasteiger partial charge on any atom is 0.341 e. The molecule has 2 amide bonds. The van der Waals surface area contributed by atoms with Crippen LogP contribution < -0.4 is 5.32 Å². The van der Waals surface area contributed by atoms with Crippen molar-refractivity contribution in [2.24, 2.45) is 16.8 Å². The third-order valence-electron chi connectivity index (χ3n) is 5.22. The zero-order valence-corrected chi connectivity index (χ0v) is 15.1. The Bertz CT molecular complexity index is 711. The lowest BCUT2D eigenvalue weighted by Gasteiger charge is -2.32. The van der Waals surface area contributed by atoms with Gasteiger partial charge in [-0.2, -0.15) is 0 Å². The number of urea groups is 1. The number of hydrogen-bond acceptors (Lipinski definition) is 3. The van der Waals surface area contributed by atoms with Gasteiger partial charge < -0.3 is 10.4 Å². The molecular weight excluding hydrogens is 340 g/mol. The molecule has 6 heteroatoms. The molecule has 0 bridgehead atoms. The van der Waals surface area contributed by atoms with Crippen LogP contribution in [0.5, 0.6) is 5.75 Å². The van der Waals surface area contributed by atoms with Gasteiger partial charge in [-0.15, -0.1) is 0 Å². The molecule has 1 aromatic rings. The Balaban J connectivity index is 1.92. The second kappa shape index (κ2) is 7.56. The van der Waals surface area contributed by atoms with Crippen LogP contribution in [0.25, 0.3) is 0 Å². The monoisotopic (exact) mass is 362 g/mol. The fourth-order valence-electron chi connectivity index (χ4n) is 3.93. The highest BCUT2D eigenvalue weighted by atomic mass is 35.5. The Hall–Kier alpha value is -1.88. The molecule has 1 aromatic carbocycles. The molecular formula is C19H23ClN2O3. The highest BCUT2D eigenvalue weighted by molar-refractivity contribution is 6.32. The van der Waals surface area contributed by atoms with E-state index in [-0.39, 0.29) is 16.6 Å². The summed E-state index contributed by atoms with van der Waals surface area (Å²) in [5.74, 6) is 0.0728. The fraction of sp³-hybridized carbons (Fsp3) is 0.526. The Morgan fingerprint density at radius 1 is 1.36 bits per heavy atom. The third kappa shape index (κ3) is 3.87. The van der Waals surface area contributed by atoms with Gasteiger partial charge in [0.25, 0.3) is 0 Å². The van der Waals surface area contributed by atoms with E-state index in [0.717, 1.165) is 12.8 Å². The average Bonchev–Trinajstić information content (AvgIpc) is 3.09. The van der Waals surface area contributed by atoms with E-state index in [2.05, 4.69) is 10.3 Å². The number of aliphatic imine (C=N–C) groups is 1. The molecule has 2 atom stereocenters. The minimum atomic E-state index is -0.494. The van der Waals surface area contributed by atoms with Gasteiger partial charge in [0.05, 0.1) is 17.0 Å². The molecule has 134 valence electrons. The standard InChI is InChI=1S/C19H23ClN2O3/c1-2-14-17(16(24)9-11-5-3-4-6-11)18(22-19(25)21-14)12-7-8-15(23)13(20)10-12/h7-8,10-11,17-18,23H,2-6,9H2,1H3,(H,22,25). The molecule has 0 aromatic heterocycles. The third-order valence-corrected chi connectivity index (χ3v) is 5.52. The number of halogens is 1. The molecule has 1 fully saturated rings. The number of ketones is 1. The van der Waals surface area contributed by atoms with Crippen LogP contribution in [0.15, 0.2) is 23.2 Å². The smallest absolute Gasteiger partial charge is 0.341 e. The summed E-state index contributed by atoms with van der Waals surface area (Å²) in [5, 5.41) is 12.7. The molecule has 0 spiro atoms. The van der Waals surface area contributed by atoms with Crippen molar-refractivity contribution < 1.29 is 14.7 Å². The zero-order chi connectivity index (χ0) is 18.0. The lowest BCUT2D eigenvalue weighted by atomic mass is 9.80. The number of nitrogens with zero attached hydrogens (tertiary/aromatic N) is 1. The van der Waals surface area contributed by atoms with Crippen molar-refractivity contribution in [3.05, 3.63) is 28.8 Å². The van der Waals surface area contributed by atoms with E-state index in [1.165, 1.54) is 18.9 Å². The zero-order valence-electron chi connectivity index (χ0n) is 14.3. The van der Waals surface area contributed by atoms with Gasteiger partial charge in [0.2, 0.25) is 0 Å². The van der Waals surface area contributed by atoms with Gasteiger partial charge in [0, 0.05) is 12.1 Å². The molecule has 25 heavy (non-hydrogen) atoms. The lowest BCUT2D eigenvalue weighted by Crippen LogP contribution is -2.44. The van der Waals surface area contributed by atoms with Crippen molar-refractivity contribution in [3.8, 4) is 5.75 Å². The van der Waals surface area contributed by atoms with Crippen molar-refractivity contribution in [1.82, 2.24) is 5.32 Å². The molecule has 1 heterocycles. The average molecular weight is 363 g/mol. The maximum absolute atomic E-state index is 13.1. The van der Waals surface area contributed by atoms with E-state index in [1.807, 2.05) is 6.92 Å². The number of carbonyl (C=O) groups is 2. The summed E-state index contributed by atoms with van der Waals surface area (Å²) in [6.07, 6.45) is 5.65. The van der Waals surface area contributed by atoms with Crippen LogP contribution in [0.2, 0.25) is 5.02 Å². The van der Waals surface area contributed by atoms with Crippen LogP contribution in [0.3, 0.4) is 0 Å². The summed E-state index contributed by atoms with van der Waals surface area (Å²) in [6, 6.07) is 3.86. The van der Waals surface area contributed by atoms with Gasteiger partial charge in [0.15, 0.2) is 0 Å². The van der Waals surface area contributed by atoms with E-state index in [9.17, 15) is 14.7 Å². The predicted octanol–water partition coefficient (Wildman–Crippen LogP) is 4.43. The Labute approximate surface area is 152 Å². The number of Topliss-reactive ketones (excluding diaryl/α,β-unsaturated/α-hetero) is 1. The van der Waals surface area contributed by atoms with E-state index in [0.29, 0.717) is 30.0 Å². The molecule has 3 rings (SSSR count). The minimum Gasteiger partial charge on any atom is -0.506 e. The Morgan fingerprint density at radius 2 is 2.08 bits per heavy atom. The van der Waals surface area contributed by atoms with Crippen LogP contribution in [0.4, 0.5) is 4.79 Å². The number of rotatable bonds is 5. The summed E-state index contributed by atoms with van der Waals surface area (Å²) >= 11 is 6.03. The topological polar surface area (TPSA) is 78.8 Å². The van der Waals surface area contributed by atoms with Crippen LogP contribution >= 0.6 is 11.6 Å². The van der Waals surface area contributed by atoms with E-state index < -0.39 is 18.0 Å². The molecule has 2 aliphatic rings. The first kappa shape index (κ1) is 17.9. The van der Waals surface area contributed by atoms with Gasteiger partial charge in [-0.3, -0.25) is 4.79 Å². The minimum absolute atomic E-state index is 0.0224. The summed E-state index contributed by atoms with van der Waals surface area (Å²) in [4.78, 5) is 29.1. The first-order valence-electron chi connectivity index (χ1n) is 8.88. The molecule has 2 N–H and O–H groups in total. The highest BCUT2D eigenvalue weighted by Gasteiger charge is 2.38. The largest absolute Gasteiger partial charge is 0.506 e. The van der Waals surface area contributed by atoms with Gasteiger partial charge in [-0.25, -0.2) is 9.79 Å². The molecule has 1 aliphatic heterocycles. The number of nitrogens with one attached hydrogen (secondary N) is 1. The molecule has 2 unspecified atom stereocenters. The number of hydrogen-bond donors (Lipinski definition) is 2. The van der Waals surface area contributed by atoms with Crippen molar-refractivity contribution in [2.45, 2.75) is 51.5 Å². The van der Waals surface area contributed by atoms with E-state index in [4.69, 9.17) is 11.6 Å².